The van der Waals surface area contributed by atoms with Crippen LogP contribution in [0.5, 0.6) is 0 Å². The molecule has 2 heterocycles. The third-order valence-electron chi connectivity index (χ3n) is 5.51. The van der Waals surface area contributed by atoms with E-state index in [9.17, 15) is 5.11 Å². The number of hydrogen-bond acceptors (Lipinski definition) is 3. The zero-order valence-electron chi connectivity index (χ0n) is 16.3. The fourth-order valence-corrected chi connectivity index (χ4v) is 3.65. The smallest absolute Gasteiger partial charge is 0.0564 e. The van der Waals surface area contributed by atoms with Crippen molar-refractivity contribution in [3.63, 3.8) is 0 Å². The predicted molar refractivity (Wildman–Crippen MR) is 98.3 cm³/mol. The second-order valence-electron chi connectivity index (χ2n) is 6.79. The number of likely N-dealkylation sites (tertiary alicyclic amines) is 1. The fraction of sp³-hybridized carbons (Fsp3) is 1.00. The van der Waals surface area contributed by atoms with Crippen molar-refractivity contribution in [3.8, 4) is 0 Å². The molecule has 2 saturated heterocycles. The molecule has 2 fully saturated rings. The van der Waals surface area contributed by atoms with Gasteiger partial charge in [0.2, 0.25) is 0 Å². The Labute approximate surface area is 139 Å². The van der Waals surface area contributed by atoms with Crippen LogP contribution in [0.2, 0.25) is 0 Å². The minimum Gasteiger partial charge on any atom is -0.393 e. The van der Waals surface area contributed by atoms with Gasteiger partial charge in [0.15, 0.2) is 0 Å². The molecule has 0 radical (unpaired) electrons. The van der Waals surface area contributed by atoms with E-state index in [2.05, 4.69) is 31.0 Å². The molecule has 0 aromatic carbocycles. The number of aliphatic hydroxyl groups is 1. The molecule has 2 aliphatic heterocycles. The van der Waals surface area contributed by atoms with E-state index in [1.165, 1.54) is 25.9 Å². The second-order valence-corrected chi connectivity index (χ2v) is 6.79. The van der Waals surface area contributed by atoms with Crippen molar-refractivity contribution in [2.75, 3.05) is 26.2 Å². The molecule has 0 saturated carbocycles. The van der Waals surface area contributed by atoms with Crippen molar-refractivity contribution in [2.45, 2.75) is 86.3 Å². The average molecular weight is 315 g/mol. The van der Waals surface area contributed by atoms with Crippen molar-refractivity contribution in [3.05, 3.63) is 0 Å². The van der Waals surface area contributed by atoms with Gasteiger partial charge in [0.1, 0.15) is 0 Å². The van der Waals surface area contributed by atoms with Crippen molar-refractivity contribution >= 4 is 0 Å². The van der Waals surface area contributed by atoms with Gasteiger partial charge < -0.3 is 10.4 Å². The van der Waals surface area contributed by atoms with Gasteiger partial charge in [-0.1, -0.05) is 41.5 Å². The average Bonchev–Trinajstić information content (AvgIpc) is 2.59. The maximum atomic E-state index is 9.63. The van der Waals surface area contributed by atoms with Crippen LogP contribution < -0.4 is 5.32 Å². The molecule has 2 rings (SSSR count). The highest BCUT2D eigenvalue weighted by Gasteiger charge is 2.38. The molecule has 0 bridgehead atoms. The summed E-state index contributed by atoms with van der Waals surface area (Å²) >= 11 is 0. The highest BCUT2D eigenvalue weighted by molar-refractivity contribution is 4.92. The summed E-state index contributed by atoms with van der Waals surface area (Å²) in [5.41, 5.74) is 0.379. The molecule has 134 valence electrons. The van der Waals surface area contributed by atoms with Crippen LogP contribution in [0.3, 0.4) is 0 Å². The molecule has 1 unspecified atom stereocenters. The van der Waals surface area contributed by atoms with Crippen LogP contribution in [0.4, 0.5) is 0 Å². The summed E-state index contributed by atoms with van der Waals surface area (Å²) in [7, 11) is 0. The number of nitrogens with one attached hydrogen (secondary N) is 1. The van der Waals surface area contributed by atoms with Crippen LogP contribution in [0.15, 0.2) is 0 Å². The molecular weight excluding hydrogens is 272 g/mol. The predicted octanol–water partition coefficient (Wildman–Crippen LogP) is 3.91. The molecule has 0 amide bonds. The molecular formula is C19H42N2O. The van der Waals surface area contributed by atoms with Crippen LogP contribution in [0.25, 0.3) is 0 Å². The van der Waals surface area contributed by atoms with Gasteiger partial charge in [-0.15, -0.1) is 0 Å². The van der Waals surface area contributed by atoms with E-state index in [-0.39, 0.29) is 6.10 Å². The Bertz CT molecular complexity index is 254. The summed E-state index contributed by atoms with van der Waals surface area (Å²) < 4.78 is 0. The third-order valence-corrected chi connectivity index (χ3v) is 5.51. The Balaban J connectivity index is 0.00000102. The van der Waals surface area contributed by atoms with E-state index in [1.807, 2.05) is 27.7 Å². The lowest BCUT2D eigenvalue weighted by Gasteiger charge is -2.47. The van der Waals surface area contributed by atoms with Crippen molar-refractivity contribution in [2.24, 2.45) is 11.3 Å². The number of hydrogen-bond donors (Lipinski definition) is 2. The normalized spacial score (nSPS) is 22.9. The molecule has 0 spiro atoms. The minimum atomic E-state index is -0.0598. The van der Waals surface area contributed by atoms with Gasteiger partial charge in [-0.05, 0) is 57.0 Å². The summed E-state index contributed by atoms with van der Waals surface area (Å²) in [6, 6.07) is 0.619. The summed E-state index contributed by atoms with van der Waals surface area (Å²) in [6.07, 6.45) is 4.47. The van der Waals surface area contributed by atoms with Gasteiger partial charge in [-0.25, -0.2) is 0 Å². The molecule has 22 heavy (non-hydrogen) atoms. The van der Waals surface area contributed by atoms with Crippen LogP contribution in [-0.2, 0) is 0 Å². The Morgan fingerprint density at radius 3 is 1.86 bits per heavy atom. The second kappa shape index (κ2) is 11.4. The van der Waals surface area contributed by atoms with E-state index in [4.69, 9.17) is 0 Å². The summed E-state index contributed by atoms with van der Waals surface area (Å²) in [5, 5.41) is 13.1. The molecule has 2 N–H and O–H groups in total. The van der Waals surface area contributed by atoms with Crippen LogP contribution in [0, 0.1) is 11.3 Å². The Hall–Kier alpha value is -0.120. The first-order valence-electron chi connectivity index (χ1n) is 9.64. The highest BCUT2D eigenvalue weighted by Crippen LogP contribution is 2.39. The van der Waals surface area contributed by atoms with Crippen LogP contribution in [-0.4, -0.2) is 48.3 Å². The lowest BCUT2D eigenvalue weighted by molar-refractivity contribution is -0.000287. The number of piperidine rings is 2. The Kier molecular flexibility index (Phi) is 11.4. The molecule has 1 atom stereocenters. The molecule has 3 nitrogen and oxygen atoms in total. The minimum absolute atomic E-state index is 0.0598. The monoisotopic (exact) mass is 314 g/mol. The summed E-state index contributed by atoms with van der Waals surface area (Å²) in [4.78, 5) is 2.59. The van der Waals surface area contributed by atoms with E-state index in [0.29, 0.717) is 11.5 Å². The lowest BCUT2D eigenvalue weighted by Crippen LogP contribution is -2.51. The number of aliphatic hydroxyl groups excluding tert-OH is 1. The zero-order valence-corrected chi connectivity index (χ0v) is 16.3. The van der Waals surface area contributed by atoms with Gasteiger partial charge in [0, 0.05) is 19.1 Å². The first-order valence-corrected chi connectivity index (χ1v) is 9.64. The topological polar surface area (TPSA) is 35.5 Å². The Morgan fingerprint density at radius 2 is 1.41 bits per heavy atom. The van der Waals surface area contributed by atoms with E-state index < -0.39 is 0 Å². The maximum Gasteiger partial charge on any atom is 0.0564 e. The fourth-order valence-electron chi connectivity index (χ4n) is 3.65. The molecule has 0 aliphatic carbocycles. The van der Waals surface area contributed by atoms with Gasteiger partial charge in [-0.3, -0.25) is 4.90 Å². The molecule has 3 heteroatoms. The van der Waals surface area contributed by atoms with Crippen LogP contribution in [0.1, 0.15) is 74.1 Å². The number of nitrogens with zero attached hydrogens (tertiary/aromatic N) is 1. The van der Waals surface area contributed by atoms with E-state index in [1.54, 1.807) is 0 Å². The molecule has 0 aromatic heterocycles. The van der Waals surface area contributed by atoms with Gasteiger partial charge >= 0.3 is 0 Å². The molecule has 2 aliphatic rings. The SMILES string of the molecule is CC.CC.CC(N1CCC(O)CC1)C(C)(C)C1CCNCC1. The van der Waals surface area contributed by atoms with Crippen LogP contribution >= 0.6 is 0 Å². The van der Waals surface area contributed by atoms with Crippen molar-refractivity contribution < 1.29 is 5.11 Å². The maximum absolute atomic E-state index is 9.63. The third kappa shape index (κ3) is 6.17. The Morgan fingerprint density at radius 1 is 0.955 bits per heavy atom. The zero-order chi connectivity index (χ0) is 17.2. The largest absolute Gasteiger partial charge is 0.393 e. The first-order chi connectivity index (χ1) is 10.5. The van der Waals surface area contributed by atoms with Crippen molar-refractivity contribution in [1.29, 1.82) is 0 Å². The van der Waals surface area contributed by atoms with E-state index in [0.717, 1.165) is 31.8 Å². The van der Waals surface area contributed by atoms with Gasteiger partial charge in [0.05, 0.1) is 6.10 Å². The number of rotatable bonds is 3. The molecule has 0 aromatic rings. The van der Waals surface area contributed by atoms with Crippen molar-refractivity contribution in [1.82, 2.24) is 10.2 Å². The first kappa shape index (κ1) is 21.9. The van der Waals surface area contributed by atoms with Gasteiger partial charge in [-0.2, -0.15) is 0 Å². The highest BCUT2D eigenvalue weighted by atomic mass is 16.3. The quantitative estimate of drug-likeness (QED) is 0.829. The summed E-state index contributed by atoms with van der Waals surface area (Å²) in [5.74, 6) is 0.834. The lowest BCUT2D eigenvalue weighted by atomic mass is 9.69. The van der Waals surface area contributed by atoms with Gasteiger partial charge in [0.25, 0.3) is 0 Å². The van der Waals surface area contributed by atoms with E-state index >= 15 is 0 Å². The standard InChI is InChI=1S/C15H30N2O.2C2H6/c1-12(17-10-6-14(18)7-11-17)15(2,3)13-4-8-16-9-5-13;2*1-2/h12-14,16,18H,4-11H2,1-3H3;2*1-2H3. The summed E-state index contributed by atoms with van der Waals surface area (Å²) in [6.45, 7) is 19.8.